The number of fused-ring (bicyclic) bond motifs is 3. The van der Waals surface area contributed by atoms with Gasteiger partial charge in [-0.3, -0.25) is 10.5 Å². The van der Waals surface area contributed by atoms with Crippen molar-refractivity contribution in [2.75, 3.05) is 6.61 Å². The van der Waals surface area contributed by atoms with E-state index in [1.807, 2.05) is 13.8 Å². The Bertz CT molecular complexity index is 923. The summed E-state index contributed by atoms with van der Waals surface area (Å²) in [5.41, 5.74) is 8.48. The minimum Gasteiger partial charge on any atom is -0.494 e. The summed E-state index contributed by atoms with van der Waals surface area (Å²) in [5.74, 6) is 0.998. The third-order valence-electron chi connectivity index (χ3n) is 5.52. The zero-order valence-electron chi connectivity index (χ0n) is 19.2. The Morgan fingerprint density at radius 3 is 2.23 bits per heavy atom. The van der Waals surface area contributed by atoms with Crippen molar-refractivity contribution in [1.82, 2.24) is 4.57 Å². The molecule has 0 saturated carbocycles. The lowest BCUT2D eigenvalue weighted by atomic mass is 9.95. The number of ether oxygens (including phenoxy) is 1. The van der Waals surface area contributed by atoms with Crippen LogP contribution >= 0.6 is 0 Å². The van der Waals surface area contributed by atoms with Crippen LogP contribution in [0, 0.1) is 20.8 Å². The van der Waals surface area contributed by atoms with Crippen LogP contribution in [0.25, 0.3) is 10.9 Å². The van der Waals surface area contributed by atoms with Gasteiger partial charge in [0.25, 0.3) is 0 Å². The van der Waals surface area contributed by atoms with E-state index >= 15 is 0 Å². The molecule has 4 rings (SSSR count). The van der Waals surface area contributed by atoms with Crippen LogP contribution in [-0.2, 0) is 19.4 Å². The predicted molar refractivity (Wildman–Crippen MR) is 126 cm³/mol. The molecule has 0 bridgehead atoms. The molecule has 0 radical (unpaired) electrons. The highest BCUT2D eigenvalue weighted by atomic mass is 17.0. The van der Waals surface area contributed by atoms with Crippen molar-refractivity contribution in [2.45, 2.75) is 73.3 Å². The molecule has 2 aromatic carbocycles. The van der Waals surface area contributed by atoms with E-state index in [0.29, 0.717) is 0 Å². The molecule has 0 aliphatic heterocycles. The Balaban J connectivity index is 0.000000757. The summed E-state index contributed by atoms with van der Waals surface area (Å²) in [6, 6.07) is 13.4. The quantitative estimate of drug-likeness (QED) is 0.271. The minimum absolute atomic E-state index is 0.767. The lowest BCUT2D eigenvalue weighted by molar-refractivity contribution is -0.176. The molecule has 0 amide bonds. The fourth-order valence-electron chi connectivity index (χ4n) is 4.43. The van der Waals surface area contributed by atoms with Gasteiger partial charge in [0, 0.05) is 23.1 Å². The van der Waals surface area contributed by atoms with E-state index in [0.717, 1.165) is 25.3 Å². The predicted octanol–water partition coefficient (Wildman–Crippen LogP) is 6.96. The summed E-state index contributed by atoms with van der Waals surface area (Å²) < 4.78 is 8.59. The number of aryl methyl sites for hydroxylation is 5. The molecule has 164 valence electrons. The fourth-order valence-corrected chi connectivity index (χ4v) is 4.43. The van der Waals surface area contributed by atoms with Gasteiger partial charge in [-0.2, -0.15) is 0 Å². The van der Waals surface area contributed by atoms with Crippen molar-refractivity contribution in [3.05, 3.63) is 64.3 Å². The van der Waals surface area contributed by atoms with Gasteiger partial charge in [0.2, 0.25) is 0 Å². The topological polar surface area (TPSA) is 54.6 Å². The maximum Gasteiger partial charge on any atom is 0.119 e. The van der Waals surface area contributed by atoms with Crippen molar-refractivity contribution in [3.63, 3.8) is 0 Å². The maximum absolute atomic E-state index is 6.03. The number of nitrogens with zero attached hydrogens (tertiary/aromatic N) is 1. The van der Waals surface area contributed by atoms with Crippen molar-refractivity contribution >= 4 is 10.9 Å². The van der Waals surface area contributed by atoms with Crippen LogP contribution in [0.2, 0.25) is 0 Å². The number of hydrogen-bond donors (Lipinski definition) is 2. The van der Waals surface area contributed by atoms with Crippen LogP contribution in [0.1, 0.15) is 61.1 Å². The molecule has 30 heavy (non-hydrogen) atoms. The van der Waals surface area contributed by atoms with Crippen molar-refractivity contribution in [1.29, 1.82) is 0 Å². The Morgan fingerprint density at radius 2 is 1.53 bits per heavy atom. The van der Waals surface area contributed by atoms with E-state index in [4.69, 9.17) is 15.3 Å². The molecule has 2 N–H and O–H groups in total. The van der Waals surface area contributed by atoms with E-state index in [1.165, 1.54) is 53.3 Å². The summed E-state index contributed by atoms with van der Waals surface area (Å²) in [4.78, 5) is 0. The van der Waals surface area contributed by atoms with Crippen LogP contribution < -0.4 is 4.74 Å². The van der Waals surface area contributed by atoms with Gasteiger partial charge in [-0.05, 0) is 93.8 Å². The van der Waals surface area contributed by atoms with Gasteiger partial charge in [0.1, 0.15) is 5.75 Å². The number of hydrogen-bond acceptors (Lipinski definition) is 3. The van der Waals surface area contributed by atoms with Gasteiger partial charge in [-0.25, -0.2) is 0 Å². The second-order valence-corrected chi connectivity index (χ2v) is 7.83. The van der Waals surface area contributed by atoms with Crippen molar-refractivity contribution in [2.24, 2.45) is 0 Å². The molecule has 0 spiro atoms. The third kappa shape index (κ3) is 5.65. The van der Waals surface area contributed by atoms with Crippen LogP contribution in [0.5, 0.6) is 5.75 Å². The molecule has 3 aromatic rings. The number of aromatic nitrogens is 1. The Labute approximate surface area is 181 Å². The smallest absolute Gasteiger partial charge is 0.119 e. The highest BCUT2D eigenvalue weighted by Crippen LogP contribution is 2.33. The molecule has 1 aromatic heterocycles. The van der Waals surface area contributed by atoms with E-state index in [9.17, 15) is 0 Å². The molecular weight excluding hydrogens is 374 g/mol. The molecular formula is C26H37NO3. The van der Waals surface area contributed by atoms with Gasteiger partial charge in [0.05, 0.1) is 6.61 Å². The highest BCUT2D eigenvalue weighted by Gasteiger charge is 2.19. The molecule has 0 fully saturated rings. The molecule has 1 heterocycles. The van der Waals surface area contributed by atoms with Gasteiger partial charge >= 0.3 is 0 Å². The number of rotatable bonds is 5. The van der Waals surface area contributed by atoms with E-state index in [-0.39, 0.29) is 0 Å². The minimum atomic E-state index is 0.767. The SMILES string of the molecule is CC.Cc1cc(C)cc(OCCCn2c3c(c4cc(C)ccc42)CCCC3)c1.OO. The monoisotopic (exact) mass is 411 g/mol. The summed E-state index contributed by atoms with van der Waals surface area (Å²) in [5, 5.41) is 13.5. The van der Waals surface area contributed by atoms with E-state index in [1.54, 1.807) is 11.3 Å². The Hall–Kier alpha value is -2.30. The van der Waals surface area contributed by atoms with Gasteiger partial charge < -0.3 is 9.30 Å². The molecule has 1 aliphatic carbocycles. The Kier molecular flexibility index (Phi) is 9.41. The number of benzene rings is 2. The Morgan fingerprint density at radius 1 is 0.867 bits per heavy atom. The standard InChI is InChI=1S/C24H29NO.C2H6.H2O2/c1-17-9-10-24-22(16-17)21-7-4-5-8-23(21)25(24)11-6-12-26-20-14-18(2)13-19(3)15-20;2*1-2/h9-10,13-16H,4-8,11-12H2,1-3H3;1-2H3;1-2H. The summed E-state index contributed by atoms with van der Waals surface area (Å²) >= 11 is 0. The van der Waals surface area contributed by atoms with Crippen molar-refractivity contribution < 1.29 is 15.3 Å². The lowest BCUT2D eigenvalue weighted by Crippen LogP contribution is -2.10. The first kappa shape index (κ1) is 24.0. The molecule has 4 heteroatoms. The second-order valence-electron chi connectivity index (χ2n) is 7.83. The normalized spacial score (nSPS) is 12.4. The summed E-state index contributed by atoms with van der Waals surface area (Å²) in [6.07, 6.45) is 6.15. The highest BCUT2D eigenvalue weighted by molar-refractivity contribution is 5.86. The molecule has 0 unspecified atom stereocenters. The molecule has 0 saturated heterocycles. The van der Waals surface area contributed by atoms with Crippen LogP contribution in [-0.4, -0.2) is 21.7 Å². The van der Waals surface area contributed by atoms with Crippen LogP contribution in [0.4, 0.5) is 0 Å². The van der Waals surface area contributed by atoms with Gasteiger partial charge in [-0.1, -0.05) is 31.5 Å². The van der Waals surface area contributed by atoms with Crippen molar-refractivity contribution in [3.8, 4) is 5.75 Å². The average molecular weight is 412 g/mol. The third-order valence-corrected chi connectivity index (χ3v) is 5.52. The maximum atomic E-state index is 6.03. The van der Waals surface area contributed by atoms with Crippen LogP contribution in [0.3, 0.4) is 0 Å². The van der Waals surface area contributed by atoms with E-state index in [2.05, 4.69) is 61.7 Å². The summed E-state index contributed by atoms with van der Waals surface area (Å²) in [7, 11) is 0. The first-order chi connectivity index (χ1) is 14.6. The second kappa shape index (κ2) is 11.8. The van der Waals surface area contributed by atoms with Gasteiger partial charge in [-0.15, -0.1) is 0 Å². The fraction of sp³-hybridized carbons (Fsp3) is 0.462. The molecule has 1 aliphatic rings. The van der Waals surface area contributed by atoms with Gasteiger partial charge in [0.15, 0.2) is 0 Å². The lowest BCUT2D eigenvalue weighted by Gasteiger charge is -2.16. The van der Waals surface area contributed by atoms with Crippen LogP contribution in [0.15, 0.2) is 36.4 Å². The zero-order chi connectivity index (χ0) is 22.1. The molecule has 4 nitrogen and oxygen atoms in total. The average Bonchev–Trinajstić information content (AvgIpc) is 3.06. The largest absolute Gasteiger partial charge is 0.494 e. The molecule has 0 atom stereocenters. The first-order valence-corrected chi connectivity index (χ1v) is 11.1. The summed E-state index contributed by atoms with van der Waals surface area (Å²) in [6.45, 7) is 12.3. The van der Waals surface area contributed by atoms with E-state index < -0.39 is 0 Å². The zero-order valence-corrected chi connectivity index (χ0v) is 19.2. The first-order valence-electron chi connectivity index (χ1n) is 11.1.